The predicted molar refractivity (Wildman–Crippen MR) is 104 cm³/mol. The molecule has 4 rings (SSSR count). The Balaban J connectivity index is 1.37. The summed E-state index contributed by atoms with van der Waals surface area (Å²) in [6.07, 6.45) is 1.57. The number of rotatable bonds is 6. The van der Waals surface area contributed by atoms with Crippen LogP contribution in [0.4, 0.5) is 5.95 Å². The number of anilines is 1. The summed E-state index contributed by atoms with van der Waals surface area (Å²) in [4.78, 5) is 20.9. The summed E-state index contributed by atoms with van der Waals surface area (Å²) in [6.45, 7) is 3.24. The van der Waals surface area contributed by atoms with Crippen LogP contribution in [-0.4, -0.2) is 22.7 Å². The molecule has 1 aromatic heterocycles. The molecule has 0 radical (unpaired) electrons. The Hall–Kier alpha value is -3.61. The van der Waals surface area contributed by atoms with Crippen molar-refractivity contribution < 1.29 is 14.3 Å². The van der Waals surface area contributed by atoms with Crippen molar-refractivity contribution >= 4 is 11.9 Å². The van der Waals surface area contributed by atoms with Crippen molar-refractivity contribution in [1.29, 1.82) is 0 Å². The minimum atomic E-state index is -0.265. The first-order valence-electron chi connectivity index (χ1n) is 8.97. The van der Waals surface area contributed by atoms with Crippen molar-refractivity contribution in [3.05, 3.63) is 77.1 Å². The SMILES string of the molecule is Cc1ccccc1CNc1nccc(C(=O)NCc2ccc3c(c2)OCO3)n1. The molecule has 2 N–H and O–H groups in total. The molecule has 7 nitrogen and oxygen atoms in total. The first-order chi connectivity index (χ1) is 13.7. The Labute approximate surface area is 162 Å². The number of aryl methyl sites for hydroxylation is 1. The van der Waals surface area contributed by atoms with E-state index in [4.69, 9.17) is 9.47 Å². The summed E-state index contributed by atoms with van der Waals surface area (Å²) < 4.78 is 10.6. The number of hydrogen-bond donors (Lipinski definition) is 2. The van der Waals surface area contributed by atoms with E-state index in [1.165, 1.54) is 5.56 Å². The van der Waals surface area contributed by atoms with E-state index in [1.807, 2.05) is 36.4 Å². The van der Waals surface area contributed by atoms with Gasteiger partial charge in [0.2, 0.25) is 12.7 Å². The maximum Gasteiger partial charge on any atom is 0.270 e. The number of aromatic nitrogens is 2. The van der Waals surface area contributed by atoms with Crippen LogP contribution in [0.15, 0.2) is 54.7 Å². The molecule has 0 spiro atoms. The van der Waals surface area contributed by atoms with E-state index in [9.17, 15) is 4.79 Å². The van der Waals surface area contributed by atoms with Gasteiger partial charge in [-0.2, -0.15) is 0 Å². The smallest absolute Gasteiger partial charge is 0.270 e. The molecule has 1 aliphatic rings. The number of carbonyl (C=O) groups is 1. The molecule has 7 heteroatoms. The van der Waals surface area contributed by atoms with Crippen molar-refractivity contribution in [3.8, 4) is 11.5 Å². The number of hydrogen-bond acceptors (Lipinski definition) is 6. The van der Waals surface area contributed by atoms with Crippen molar-refractivity contribution in [2.45, 2.75) is 20.0 Å². The van der Waals surface area contributed by atoms with Gasteiger partial charge in [0.25, 0.3) is 5.91 Å². The summed E-state index contributed by atoms with van der Waals surface area (Å²) >= 11 is 0. The maximum absolute atomic E-state index is 12.4. The molecule has 28 heavy (non-hydrogen) atoms. The van der Waals surface area contributed by atoms with Gasteiger partial charge < -0.3 is 20.1 Å². The van der Waals surface area contributed by atoms with E-state index in [2.05, 4.69) is 33.6 Å². The molecule has 0 bridgehead atoms. The number of benzene rings is 2. The molecule has 3 aromatic rings. The lowest BCUT2D eigenvalue weighted by Crippen LogP contribution is -2.24. The molecular weight excluding hydrogens is 356 g/mol. The molecule has 0 fully saturated rings. The second-order valence-corrected chi connectivity index (χ2v) is 6.42. The van der Waals surface area contributed by atoms with Gasteiger partial charge in [-0.3, -0.25) is 4.79 Å². The van der Waals surface area contributed by atoms with E-state index in [1.54, 1.807) is 12.3 Å². The number of nitrogens with one attached hydrogen (secondary N) is 2. The van der Waals surface area contributed by atoms with Crippen LogP contribution in [0, 0.1) is 6.92 Å². The normalized spacial score (nSPS) is 11.9. The topological polar surface area (TPSA) is 85.4 Å². The fraction of sp³-hybridized carbons (Fsp3) is 0.190. The highest BCUT2D eigenvalue weighted by atomic mass is 16.7. The van der Waals surface area contributed by atoms with E-state index >= 15 is 0 Å². The van der Waals surface area contributed by atoms with Gasteiger partial charge >= 0.3 is 0 Å². The second kappa shape index (κ2) is 7.96. The molecular formula is C21H20N4O3. The summed E-state index contributed by atoms with van der Waals surface area (Å²) in [6, 6.07) is 15.3. The maximum atomic E-state index is 12.4. The molecule has 0 atom stereocenters. The largest absolute Gasteiger partial charge is 0.454 e. The molecule has 0 unspecified atom stereocenters. The Morgan fingerprint density at radius 2 is 1.93 bits per heavy atom. The van der Waals surface area contributed by atoms with Gasteiger partial charge in [-0.15, -0.1) is 0 Å². The van der Waals surface area contributed by atoms with E-state index in [-0.39, 0.29) is 12.7 Å². The molecule has 0 saturated heterocycles. The van der Waals surface area contributed by atoms with Crippen molar-refractivity contribution in [2.75, 3.05) is 12.1 Å². The van der Waals surface area contributed by atoms with Gasteiger partial charge in [-0.25, -0.2) is 9.97 Å². The van der Waals surface area contributed by atoms with Crippen LogP contribution in [0.5, 0.6) is 11.5 Å². The van der Waals surface area contributed by atoms with Crippen LogP contribution in [0.25, 0.3) is 0 Å². The molecule has 0 aliphatic carbocycles. The lowest BCUT2D eigenvalue weighted by atomic mass is 10.1. The second-order valence-electron chi connectivity index (χ2n) is 6.42. The van der Waals surface area contributed by atoms with Gasteiger partial charge in [-0.05, 0) is 41.8 Å². The fourth-order valence-electron chi connectivity index (χ4n) is 2.88. The Kier molecular flexibility index (Phi) is 5.05. The van der Waals surface area contributed by atoms with Crippen LogP contribution in [0.2, 0.25) is 0 Å². The lowest BCUT2D eigenvalue weighted by molar-refractivity contribution is 0.0946. The summed E-state index contributed by atoms with van der Waals surface area (Å²) in [5.74, 6) is 1.56. The fourth-order valence-corrected chi connectivity index (χ4v) is 2.88. The average molecular weight is 376 g/mol. The summed E-state index contributed by atoms with van der Waals surface area (Å²) in [7, 11) is 0. The third-order valence-corrected chi connectivity index (χ3v) is 4.48. The van der Waals surface area contributed by atoms with Crippen molar-refractivity contribution in [2.24, 2.45) is 0 Å². The van der Waals surface area contributed by atoms with Gasteiger partial charge in [0.1, 0.15) is 5.69 Å². The van der Waals surface area contributed by atoms with Crippen LogP contribution >= 0.6 is 0 Å². The zero-order chi connectivity index (χ0) is 19.3. The quantitative estimate of drug-likeness (QED) is 0.688. The van der Waals surface area contributed by atoms with E-state index in [0.717, 1.165) is 16.9 Å². The Morgan fingerprint density at radius 3 is 2.82 bits per heavy atom. The third kappa shape index (κ3) is 4.03. The van der Waals surface area contributed by atoms with Gasteiger partial charge in [0, 0.05) is 19.3 Å². The van der Waals surface area contributed by atoms with Crippen LogP contribution < -0.4 is 20.1 Å². The average Bonchev–Trinajstić information content (AvgIpc) is 3.19. The molecule has 2 aromatic carbocycles. The van der Waals surface area contributed by atoms with Crippen molar-refractivity contribution in [1.82, 2.24) is 15.3 Å². The zero-order valence-corrected chi connectivity index (χ0v) is 15.4. The predicted octanol–water partition coefficient (Wildman–Crippen LogP) is 3.06. The monoisotopic (exact) mass is 376 g/mol. The Bertz CT molecular complexity index is 1010. The first-order valence-corrected chi connectivity index (χ1v) is 8.97. The van der Waals surface area contributed by atoms with Crippen molar-refractivity contribution in [3.63, 3.8) is 0 Å². The highest BCUT2D eigenvalue weighted by Crippen LogP contribution is 2.32. The minimum Gasteiger partial charge on any atom is -0.454 e. The van der Waals surface area contributed by atoms with E-state index < -0.39 is 0 Å². The highest BCUT2D eigenvalue weighted by Gasteiger charge is 2.14. The number of amides is 1. The standard InChI is InChI=1S/C21H20N4O3/c1-14-4-2-3-5-16(14)12-24-21-22-9-8-17(25-21)20(26)23-11-15-6-7-18-19(10-15)28-13-27-18/h2-10H,11-13H2,1H3,(H,23,26)(H,22,24,25). The minimum absolute atomic E-state index is 0.227. The van der Waals surface area contributed by atoms with Crippen LogP contribution in [0.1, 0.15) is 27.2 Å². The highest BCUT2D eigenvalue weighted by molar-refractivity contribution is 5.92. The number of ether oxygens (including phenoxy) is 2. The molecule has 0 saturated carbocycles. The summed E-state index contributed by atoms with van der Waals surface area (Å²) in [5.41, 5.74) is 3.57. The molecule has 142 valence electrons. The number of fused-ring (bicyclic) bond motifs is 1. The van der Waals surface area contributed by atoms with Crippen LogP contribution in [-0.2, 0) is 13.1 Å². The van der Waals surface area contributed by atoms with Gasteiger partial charge in [0.05, 0.1) is 0 Å². The van der Waals surface area contributed by atoms with Gasteiger partial charge in [-0.1, -0.05) is 30.3 Å². The number of nitrogens with zero attached hydrogens (tertiary/aromatic N) is 2. The van der Waals surface area contributed by atoms with Gasteiger partial charge in [0.15, 0.2) is 11.5 Å². The first kappa shape index (κ1) is 17.8. The van der Waals surface area contributed by atoms with E-state index in [0.29, 0.717) is 30.5 Å². The molecule has 2 heterocycles. The zero-order valence-electron chi connectivity index (χ0n) is 15.4. The van der Waals surface area contributed by atoms with Crippen LogP contribution in [0.3, 0.4) is 0 Å². The molecule has 1 aliphatic heterocycles. The third-order valence-electron chi connectivity index (χ3n) is 4.48. The summed E-state index contributed by atoms with van der Waals surface area (Å²) in [5, 5.41) is 6.03. The molecule has 1 amide bonds. The Morgan fingerprint density at radius 1 is 1.07 bits per heavy atom. The lowest BCUT2D eigenvalue weighted by Gasteiger charge is -2.09. The number of carbonyl (C=O) groups excluding carboxylic acids is 1.